The van der Waals surface area contributed by atoms with Crippen LogP contribution in [0.2, 0.25) is 0 Å². The lowest BCUT2D eigenvalue weighted by Crippen LogP contribution is -2.35. The lowest BCUT2D eigenvalue weighted by atomic mass is 9.94. The van der Waals surface area contributed by atoms with Crippen LogP contribution in [0, 0.1) is 13.8 Å². The molecule has 1 amide bonds. The Labute approximate surface area is 216 Å². The zero-order valence-corrected chi connectivity index (χ0v) is 21.2. The Balaban J connectivity index is 1.65. The first kappa shape index (κ1) is 26.9. The lowest BCUT2D eigenvalue weighted by molar-refractivity contribution is -0.274. The van der Waals surface area contributed by atoms with Crippen LogP contribution in [0.1, 0.15) is 46.1 Å². The van der Waals surface area contributed by atoms with Gasteiger partial charge in [-0.3, -0.25) is 4.79 Å². The van der Waals surface area contributed by atoms with E-state index in [9.17, 15) is 18.0 Å². The predicted molar refractivity (Wildman–Crippen MR) is 130 cm³/mol. The van der Waals surface area contributed by atoms with E-state index in [1.807, 2.05) is 30.3 Å². The van der Waals surface area contributed by atoms with Gasteiger partial charge in [-0.15, -0.1) is 23.4 Å². The average molecular weight is 530 g/mol. The van der Waals surface area contributed by atoms with E-state index < -0.39 is 23.6 Å². The smallest absolute Gasteiger partial charge is 0.446 e. The molecule has 0 saturated carbocycles. The summed E-state index contributed by atoms with van der Waals surface area (Å²) in [4.78, 5) is 18.7. The highest BCUT2D eigenvalue weighted by Crippen LogP contribution is 2.35. The van der Waals surface area contributed by atoms with Crippen LogP contribution in [-0.2, 0) is 18.5 Å². The number of hydrogen-bond acceptors (Lipinski definition) is 8. The fourth-order valence-corrected chi connectivity index (χ4v) is 3.94. The third-order valence-corrected chi connectivity index (χ3v) is 5.74. The SMILES string of the molecule is Cc1nc(CN(C)C(=O)c2ccc(OC(F)(F)F)c(-c3nnc(C(C)(N)Cc4ccccc4)o3)c2)c(C)o1. The van der Waals surface area contributed by atoms with Crippen molar-refractivity contribution in [3.8, 4) is 17.2 Å². The van der Waals surface area contributed by atoms with Gasteiger partial charge in [0.25, 0.3) is 11.8 Å². The van der Waals surface area contributed by atoms with Gasteiger partial charge in [-0.1, -0.05) is 30.3 Å². The van der Waals surface area contributed by atoms with Crippen LogP contribution in [0.3, 0.4) is 0 Å². The van der Waals surface area contributed by atoms with Crippen molar-refractivity contribution in [2.75, 3.05) is 7.05 Å². The Morgan fingerprint density at radius 1 is 1.08 bits per heavy atom. The van der Waals surface area contributed by atoms with Gasteiger partial charge in [-0.25, -0.2) is 4.98 Å². The second-order valence-corrected chi connectivity index (χ2v) is 9.15. The van der Waals surface area contributed by atoms with Crippen molar-refractivity contribution >= 4 is 5.91 Å². The molecule has 1 unspecified atom stereocenters. The van der Waals surface area contributed by atoms with Crippen molar-refractivity contribution in [3.63, 3.8) is 0 Å². The first-order valence-electron chi connectivity index (χ1n) is 11.6. The molecule has 2 aromatic heterocycles. The minimum atomic E-state index is -4.99. The number of amides is 1. The number of halogens is 3. The fourth-order valence-electron chi connectivity index (χ4n) is 3.94. The Hall–Kier alpha value is -4.19. The summed E-state index contributed by atoms with van der Waals surface area (Å²) >= 11 is 0. The van der Waals surface area contributed by atoms with Gasteiger partial charge < -0.3 is 24.2 Å². The summed E-state index contributed by atoms with van der Waals surface area (Å²) in [6.45, 7) is 5.22. The summed E-state index contributed by atoms with van der Waals surface area (Å²) in [7, 11) is 1.54. The molecule has 0 bridgehead atoms. The van der Waals surface area contributed by atoms with Crippen molar-refractivity contribution < 1.29 is 31.5 Å². The molecule has 0 radical (unpaired) electrons. The number of oxazole rings is 1. The van der Waals surface area contributed by atoms with E-state index in [2.05, 4.69) is 19.9 Å². The molecule has 2 heterocycles. The Bertz CT molecular complexity index is 1430. The van der Waals surface area contributed by atoms with Crippen LogP contribution < -0.4 is 10.5 Å². The summed E-state index contributed by atoms with van der Waals surface area (Å²) in [5, 5.41) is 7.90. The normalized spacial score (nSPS) is 13.3. The number of aromatic nitrogens is 3. The first-order chi connectivity index (χ1) is 17.8. The molecule has 12 heteroatoms. The minimum absolute atomic E-state index is 0.0139. The maximum Gasteiger partial charge on any atom is 0.573 e. The van der Waals surface area contributed by atoms with Gasteiger partial charge in [0.1, 0.15) is 17.2 Å². The molecule has 4 aromatic rings. The number of ether oxygens (including phenoxy) is 1. The number of carbonyl (C=O) groups is 1. The van der Waals surface area contributed by atoms with Gasteiger partial charge in [-0.05, 0) is 44.0 Å². The van der Waals surface area contributed by atoms with Crippen molar-refractivity contribution in [1.29, 1.82) is 0 Å². The first-order valence-corrected chi connectivity index (χ1v) is 11.6. The van der Waals surface area contributed by atoms with Crippen LogP contribution in [-0.4, -0.2) is 39.4 Å². The monoisotopic (exact) mass is 529 g/mol. The van der Waals surface area contributed by atoms with Crippen molar-refractivity contribution in [2.24, 2.45) is 5.73 Å². The van der Waals surface area contributed by atoms with Crippen LogP contribution in [0.4, 0.5) is 13.2 Å². The van der Waals surface area contributed by atoms with Gasteiger partial charge in [-0.2, -0.15) is 0 Å². The fraction of sp³-hybridized carbons (Fsp3) is 0.308. The number of nitrogens with zero attached hydrogens (tertiary/aromatic N) is 4. The van der Waals surface area contributed by atoms with Crippen molar-refractivity contribution in [1.82, 2.24) is 20.1 Å². The zero-order chi connectivity index (χ0) is 27.7. The summed E-state index contributed by atoms with van der Waals surface area (Å²) in [5.41, 5.74) is 6.66. The molecule has 4 rings (SSSR count). The van der Waals surface area contributed by atoms with Gasteiger partial charge >= 0.3 is 6.36 Å². The number of carbonyl (C=O) groups excluding carboxylic acids is 1. The van der Waals surface area contributed by atoms with Crippen LogP contribution in [0.15, 0.2) is 57.4 Å². The Morgan fingerprint density at radius 2 is 1.79 bits per heavy atom. The van der Waals surface area contributed by atoms with Gasteiger partial charge in [0.15, 0.2) is 5.89 Å². The molecular weight excluding hydrogens is 503 g/mol. The van der Waals surface area contributed by atoms with Gasteiger partial charge in [0, 0.05) is 19.5 Å². The third-order valence-electron chi connectivity index (χ3n) is 5.74. The number of aryl methyl sites for hydroxylation is 2. The summed E-state index contributed by atoms with van der Waals surface area (Å²) in [5.74, 6) is -0.311. The third kappa shape index (κ3) is 6.20. The van der Waals surface area contributed by atoms with Crippen molar-refractivity contribution in [2.45, 2.75) is 45.6 Å². The number of hydrogen-bond donors (Lipinski definition) is 1. The minimum Gasteiger partial charge on any atom is -0.446 e. The van der Waals surface area contributed by atoms with E-state index in [1.165, 1.54) is 17.0 Å². The Kier molecular flexibility index (Phi) is 7.27. The molecule has 0 fully saturated rings. The van der Waals surface area contributed by atoms with E-state index >= 15 is 0 Å². The molecule has 0 aliphatic carbocycles. The Morgan fingerprint density at radius 3 is 2.42 bits per heavy atom. The van der Waals surface area contributed by atoms with E-state index in [1.54, 1.807) is 27.8 Å². The quantitative estimate of drug-likeness (QED) is 0.341. The highest BCUT2D eigenvalue weighted by molar-refractivity contribution is 5.95. The molecule has 2 aromatic carbocycles. The molecule has 200 valence electrons. The molecule has 0 saturated heterocycles. The molecular formula is C26H26F3N5O4. The number of rotatable bonds is 8. The molecule has 0 spiro atoms. The molecule has 2 N–H and O–H groups in total. The highest BCUT2D eigenvalue weighted by Gasteiger charge is 2.34. The average Bonchev–Trinajstić information content (AvgIpc) is 3.45. The topological polar surface area (TPSA) is 121 Å². The van der Waals surface area contributed by atoms with E-state index in [4.69, 9.17) is 14.6 Å². The van der Waals surface area contributed by atoms with Crippen molar-refractivity contribution in [3.05, 3.63) is 82.9 Å². The second kappa shape index (κ2) is 10.3. The molecule has 9 nitrogen and oxygen atoms in total. The maximum absolute atomic E-state index is 13.1. The lowest BCUT2D eigenvalue weighted by Gasteiger charge is -2.20. The molecule has 0 aliphatic rings. The zero-order valence-electron chi connectivity index (χ0n) is 21.2. The number of alkyl halides is 3. The van der Waals surface area contributed by atoms with Crippen LogP contribution in [0.5, 0.6) is 5.75 Å². The van der Waals surface area contributed by atoms with E-state index in [-0.39, 0.29) is 29.5 Å². The largest absolute Gasteiger partial charge is 0.573 e. The van der Waals surface area contributed by atoms with Crippen LogP contribution in [0.25, 0.3) is 11.5 Å². The highest BCUT2D eigenvalue weighted by atomic mass is 19.4. The second-order valence-electron chi connectivity index (χ2n) is 9.15. The van der Waals surface area contributed by atoms with Gasteiger partial charge in [0.05, 0.1) is 17.6 Å². The summed E-state index contributed by atoms with van der Waals surface area (Å²) in [6.07, 6.45) is -4.65. The number of nitrogens with two attached hydrogens (primary N) is 1. The molecule has 38 heavy (non-hydrogen) atoms. The molecule has 0 aliphatic heterocycles. The van der Waals surface area contributed by atoms with Crippen LogP contribution >= 0.6 is 0 Å². The number of benzene rings is 2. The maximum atomic E-state index is 13.1. The molecule has 1 atom stereocenters. The summed E-state index contributed by atoms with van der Waals surface area (Å²) in [6, 6.07) is 12.8. The van der Waals surface area contributed by atoms with E-state index in [0.717, 1.165) is 11.6 Å². The van der Waals surface area contributed by atoms with E-state index in [0.29, 0.717) is 23.8 Å². The predicted octanol–water partition coefficient (Wildman–Crippen LogP) is 4.93. The van der Waals surface area contributed by atoms with Gasteiger partial charge in [0.2, 0.25) is 5.89 Å². The standard InChI is InChI=1S/C26H26F3N5O4/c1-15-20(31-16(2)36-15)14-34(4)23(35)18-10-11-21(38-26(27,28)29)19(12-18)22-32-33-24(37-22)25(3,30)13-17-8-6-5-7-9-17/h5-12H,13-14,30H2,1-4H3. The summed E-state index contributed by atoms with van der Waals surface area (Å²) < 4.78 is 54.7.